The fourth-order valence-corrected chi connectivity index (χ4v) is 3.60. The lowest BCUT2D eigenvalue weighted by molar-refractivity contribution is 0.0710. The van der Waals surface area contributed by atoms with Crippen LogP contribution in [0.25, 0.3) is 0 Å². The number of carbonyl (C=O) groups excluding carboxylic acids is 1. The molecule has 1 fully saturated rings. The molecule has 0 atom stereocenters. The predicted molar refractivity (Wildman–Crippen MR) is 86.3 cm³/mol. The average molecular weight is 319 g/mol. The van der Waals surface area contributed by atoms with E-state index in [1.54, 1.807) is 18.4 Å². The number of piperidine rings is 1. The van der Waals surface area contributed by atoms with Gasteiger partial charge in [-0.15, -0.1) is 0 Å². The summed E-state index contributed by atoms with van der Waals surface area (Å²) in [4.78, 5) is 18.8. The van der Waals surface area contributed by atoms with Crippen LogP contribution in [0.3, 0.4) is 0 Å². The van der Waals surface area contributed by atoms with Crippen LogP contribution in [-0.2, 0) is 11.3 Å². The summed E-state index contributed by atoms with van der Waals surface area (Å²) in [7, 11) is 1.71. The van der Waals surface area contributed by atoms with Crippen molar-refractivity contribution in [3.05, 3.63) is 40.6 Å². The van der Waals surface area contributed by atoms with Crippen molar-refractivity contribution in [1.29, 1.82) is 0 Å². The van der Waals surface area contributed by atoms with Crippen LogP contribution in [-0.4, -0.2) is 47.2 Å². The first-order valence-corrected chi connectivity index (χ1v) is 8.55. The van der Waals surface area contributed by atoms with E-state index >= 15 is 0 Å². The second kappa shape index (κ2) is 7.07. The van der Waals surface area contributed by atoms with E-state index in [0.717, 1.165) is 43.9 Å². The van der Waals surface area contributed by atoms with E-state index < -0.39 is 0 Å². The highest BCUT2D eigenvalue weighted by atomic mass is 32.1. The van der Waals surface area contributed by atoms with Crippen LogP contribution in [0.1, 0.15) is 34.9 Å². The summed E-state index contributed by atoms with van der Waals surface area (Å²) in [6, 6.07) is 1.90. The van der Waals surface area contributed by atoms with E-state index in [1.165, 1.54) is 0 Å². The molecule has 0 bridgehead atoms. The van der Waals surface area contributed by atoms with Crippen molar-refractivity contribution in [2.75, 3.05) is 26.8 Å². The van der Waals surface area contributed by atoms with Crippen LogP contribution in [0.15, 0.2) is 29.2 Å². The second-order valence-corrected chi connectivity index (χ2v) is 6.33. The Balaban J connectivity index is 1.60. The molecule has 0 aromatic carbocycles. The van der Waals surface area contributed by atoms with Crippen LogP contribution in [0.4, 0.5) is 0 Å². The Hall–Kier alpha value is -1.66. The Morgan fingerprint density at radius 3 is 2.95 bits per heavy atom. The summed E-state index contributed by atoms with van der Waals surface area (Å²) in [5.41, 5.74) is 0.810. The highest BCUT2D eigenvalue weighted by Crippen LogP contribution is 2.27. The molecular weight excluding hydrogens is 298 g/mol. The van der Waals surface area contributed by atoms with Gasteiger partial charge >= 0.3 is 0 Å². The van der Waals surface area contributed by atoms with Crippen LogP contribution in [0.2, 0.25) is 0 Å². The Bertz CT molecular complexity index is 601. The van der Waals surface area contributed by atoms with E-state index in [2.05, 4.69) is 9.55 Å². The summed E-state index contributed by atoms with van der Waals surface area (Å²) < 4.78 is 7.32. The molecule has 1 aliphatic rings. The van der Waals surface area contributed by atoms with E-state index in [4.69, 9.17) is 4.74 Å². The number of thiophene rings is 1. The molecule has 0 N–H and O–H groups in total. The van der Waals surface area contributed by atoms with Gasteiger partial charge in [0, 0.05) is 50.4 Å². The molecule has 118 valence electrons. The number of aromatic nitrogens is 2. The SMILES string of the molecule is COCCn1ccnc1C1CCN(C(=O)c2ccsc2)CC1. The van der Waals surface area contributed by atoms with Crippen LogP contribution in [0, 0.1) is 0 Å². The number of ether oxygens (including phenoxy) is 1. The minimum absolute atomic E-state index is 0.155. The van der Waals surface area contributed by atoms with E-state index in [1.807, 2.05) is 34.1 Å². The Morgan fingerprint density at radius 1 is 1.45 bits per heavy atom. The van der Waals surface area contributed by atoms with Gasteiger partial charge < -0.3 is 14.2 Å². The minimum Gasteiger partial charge on any atom is -0.383 e. The Labute approximate surface area is 134 Å². The zero-order chi connectivity index (χ0) is 15.4. The normalized spacial score (nSPS) is 16.1. The van der Waals surface area contributed by atoms with E-state index in [0.29, 0.717) is 12.5 Å². The molecule has 2 aromatic heterocycles. The van der Waals surface area contributed by atoms with Crippen molar-refractivity contribution in [1.82, 2.24) is 14.5 Å². The summed E-state index contributed by atoms with van der Waals surface area (Å²) in [5.74, 6) is 1.71. The highest BCUT2D eigenvalue weighted by molar-refractivity contribution is 7.08. The van der Waals surface area contributed by atoms with Gasteiger partial charge in [-0.05, 0) is 24.3 Å². The zero-order valence-electron chi connectivity index (χ0n) is 12.8. The monoisotopic (exact) mass is 319 g/mol. The van der Waals surface area contributed by atoms with Gasteiger partial charge in [0.2, 0.25) is 0 Å². The van der Waals surface area contributed by atoms with Crippen LogP contribution >= 0.6 is 11.3 Å². The molecule has 6 heteroatoms. The van der Waals surface area contributed by atoms with E-state index in [-0.39, 0.29) is 5.91 Å². The van der Waals surface area contributed by atoms with Gasteiger partial charge in [0.1, 0.15) is 5.82 Å². The number of likely N-dealkylation sites (tertiary alicyclic amines) is 1. The molecule has 0 saturated carbocycles. The number of carbonyl (C=O) groups is 1. The third-order valence-corrected chi connectivity index (χ3v) is 4.88. The van der Waals surface area contributed by atoms with Crippen molar-refractivity contribution >= 4 is 17.2 Å². The van der Waals surface area contributed by atoms with Crippen molar-refractivity contribution < 1.29 is 9.53 Å². The third-order valence-electron chi connectivity index (χ3n) is 4.20. The lowest BCUT2D eigenvalue weighted by Crippen LogP contribution is -2.38. The molecule has 2 aromatic rings. The zero-order valence-corrected chi connectivity index (χ0v) is 13.6. The van der Waals surface area contributed by atoms with Gasteiger partial charge in [-0.1, -0.05) is 0 Å². The molecule has 1 aliphatic heterocycles. The van der Waals surface area contributed by atoms with Gasteiger partial charge in [0.05, 0.1) is 12.2 Å². The van der Waals surface area contributed by atoms with Gasteiger partial charge in [0.25, 0.3) is 5.91 Å². The maximum atomic E-state index is 12.4. The molecule has 0 radical (unpaired) electrons. The number of nitrogens with zero attached hydrogens (tertiary/aromatic N) is 3. The molecular formula is C16H21N3O2S. The number of imidazole rings is 1. The van der Waals surface area contributed by atoms with Gasteiger partial charge in [-0.3, -0.25) is 4.79 Å². The fourth-order valence-electron chi connectivity index (χ4n) is 2.97. The van der Waals surface area contributed by atoms with Crippen LogP contribution in [0.5, 0.6) is 0 Å². The lowest BCUT2D eigenvalue weighted by Gasteiger charge is -2.31. The summed E-state index contributed by atoms with van der Waals surface area (Å²) in [6.07, 6.45) is 5.81. The van der Waals surface area contributed by atoms with Gasteiger partial charge in [-0.2, -0.15) is 11.3 Å². The van der Waals surface area contributed by atoms with Gasteiger partial charge in [0.15, 0.2) is 0 Å². The number of amides is 1. The van der Waals surface area contributed by atoms with Crippen molar-refractivity contribution in [3.8, 4) is 0 Å². The molecule has 0 spiro atoms. The maximum Gasteiger partial charge on any atom is 0.254 e. The number of rotatable bonds is 5. The Kier molecular flexibility index (Phi) is 4.90. The molecule has 3 heterocycles. The molecule has 1 amide bonds. The molecule has 3 rings (SSSR count). The second-order valence-electron chi connectivity index (χ2n) is 5.55. The first-order chi connectivity index (χ1) is 10.8. The molecule has 22 heavy (non-hydrogen) atoms. The largest absolute Gasteiger partial charge is 0.383 e. The van der Waals surface area contributed by atoms with Crippen molar-refractivity contribution in [2.45, 2.75) is 25.3 Å². The summed E-state index contributed by atoms with van der Waals surface area (Å²) >= 11 is 1.57. The number of hydrogen-bond acceptors (Lipinski definition) is 4. The third kappa shape index (κ3) is 3.23. The maximum absolute atomic E-state index is 12.4. The number of hydrogen-bond donors (Lipinski definition) is 0. The van der Waals surface area contributed by atoms with Crippen molar-refractivity contribution in [2.24, 2.45) is 0 Å². The topological polar surface area (TPSA) is 47.4 Å². The highest BCUT2D eigenvalue weighted by Gasteiger charge is 2.26. The van der Waals surface area contributed by atoms with E-state index in [9.17, 15) is 4.79 Å². The molecule has 0 unspecified atom stereocenters. The van der Waals surface area contributed by atoms with Crippen molar-refractivity contribution in [3.63, 3.8) is 0 Å². The van der Waals surface area contributed by atoms with Gasteiger partial charge in [-0.25, -0.2) is 4.98 Å². The number of methoxy groups -OCH3 is 1. The first kappa shape index (κ1) is 15.2. The fraction of sp³-hybridized carbons (Fsp3) is 0.500. The molecule has 1 saturated heterocycles. The molecule has 0 aliphatic carbocycles. The minimum atomic E-state index is 0.155. The van der Waals surface area contributed by atoms with Crippen LogP contribution < -0.4 is 0 Å². The Morgan fingerprint density at radius 2 is 2.27 bits per heavy atom. The quantitative estimate of drug-likeness (QED) is 0.851. The molecule has 5 nitrogen and oxygen atoms in total. The summed E-state index contributed by atoms with van der Waals surface area (Å²) in [6.45, 7) is 3.13. The average Bonchev–Trinajstić information content (AvgIpc) is 3.24. The first-order valence-electron chi connectivity index (χ1n) is 7.61. The predicted octanol–water partition coefficient (Wildman–Crippen LogP) is 2.61. The lowest BCUT2D eigenvalue weighted by atomic mass is 9.95. The standard InChI is InChI=1S/C16H21N3O2S/c1-21-10-9-18-8-5-17-15(18)13-2-6-19(7-3-13)16(20)14-4-11-22-12-14/h4-5,8,11-13H,2-3,6-7,9-10H2,1H3. The summed E-state index contributed by atoms with van der Waals surface area (Å²) in [5, 5.41) is 3.87. The smallest absolute Gasteiger partial charge is 0.254 e.